The van der Waals surface area contributed by atoms with Gasteiger partial charge in [-0.2, -0.15) is 0 Å². The Morgan fingerprint density at radius 2 is 1.73 bits per heavy atom. The first-order valence-corrected chi connectivity index (χ1v) is 8.16. The average molecular weight is 292 g/mol. The van der Waals surface area contributed by atoms with Crippen LogP contribution in [0.15, 0.2) is 66.7 Å². The second kappa shape index (κ2) is 7.81. The topological polar surface area (TPSA) is 15.3 Å². The fourth-order valence-corrected chi connectivity index (χ4v) is 3.01. The molecule has 2 aromatic carbocycles. The zero-order chi connectivity index (χ0) is 15.0. The molecule has 1 saturated heterocycles. The van der Waals surface area contributed by atoms with Gasteiger partial charge in [-0.15, -0.1) is 0 Å². The van der Waals surface area contributed by atoms with Gasteiger partial charge in [0.2, 0.25) is 0 Å². The van der Waals surface area contributed by atoms with E-state index in [0.29, 0.717) is 6.04 Å². The molecule has 114 valence electrons. The molecule has 1 fully saturated rings. The molecule has 2 heteroatoms. The van der Waals surface area contributed by atoms with E-state index in [1.54, 1.807) is 0 Å². The normalized spacial score (nSPS) is 19.4. The lowest BCUT2D eigenvalue weighted by molar-refractivity contribution is 0.237. The van der Waals surface area contributed by atoms with Crippen LogP contribution in [0.3, 0.4) is 0 Å². The van der Waals surface area contributed by atoms with Crippen molar-refractivity contribution in [3.05, 3.63) is 72.3 Å². The highest BCUT2D eigenvalue weighted by Gasteiger charge is 2.18. The number of nitrogens with one attached hydrogen (secondary N) is 1. The molecule has 1 N–H and O–H groups in total. The third-order valence-corrected chi connectivity index (χ3v) is 4.12. The van der Waals surface area contributed by atoms with E-state index in [4.69, 9.17) is 0 Å². The number of hydrogen-bond acceptors (Lipinski definition) is 2. The van der Waals surface area contributed by atoms with Gasteiger partial charge in [0.15, 0.2) is 0 Å². The van der Waals surface area contributed by atoms with Gasteiger partial charge in [0.05, 0.1) is 0 Å². The predicted molar refractivity (Wildman–Crippen MR) is 95.0 cm³/mol. The van der Waals surface area contributed by atoms with Crippen molar-refractivity contribution in [1.82, 2.24) is 4.90 Å². The van der Waals surface area contributed by atoms with E-state index in [1.807, 2.05) is 0 Å². The number of benzene rings is 2. The molecule has 0 spiro atoms. The number of para-hydroxylation sites is 1. The van der Waals surface area contributed by atoms with E-state index in [1.165, 1.54) is 30.6 Å². The third-order valence-electron chi connectivity index (χ3n) is 4.12. The van der Waals surface area contributed by atoms with Crippen molar-refractivity contribution in [1.29, 1.82) is 0 Å². The summed E-state index contributed by atoms with van der Waals surface area (Å²) >= 11 is 0. The summed E-state index contributed by atoms with van der Waals surface area (Å²) in [6, 6.07) is 21.6. The third kappa shape index (κ3) is 4.47. The molecule has 2 aromatic rings. The number of hydrogen-bond donors (Lipinski definition) is 1. The van der Waals surface area contributed by atoms with Crippen LogP contribution in [0, 0.1) is 0 Å². The van der Waals surface area contributed by atoms with Crippen molar-refractivity contribution < 1.29 is 0 Å². The molecule has 1 atom stereocenters. The Hall–Kier alpha value is -2.06. The van der Waals surface area contributed by atoms with E-state index < -0.39 is 0 Å². The van der Waals surface area contributed by atoms with Crippen LogP contribution in [0.2, 0.25) is 0 Å². The standard InChI is InChI=1S/C20H24N2/c1-3-9-18(10-4-1)11-7-15-22-16-8-14-20(17-22)21-19-12-5-2-6-13-19/h1-7,9-13,20-21H,8,14-17H2/b11-7+/t20-/m1/s1. The average Bonchev–Trinajstić information content (AvgIpc) is 2.57. The van der Waals surface area contributed by atoms with Gasteiger partial charge in [-0.1, -0.05) is 60.7 Å². The summed E-state index contributed by atoms with van der Waals surface area (Å²) in [7, 11) is 0. The Morgan fingerprint density at radius 1 is 1.00 bits per heavy atom. The van der Waals surface area contributed by atoms with Gasteiger partial charge in [0.1, 0.15) is 0 Å². The first-order chi connectivity index (χ1) is 10.9. The van der Waals surface area contributed by atoms with Gasteiger partial charge in [0, 0.05) is 24.8 Å². The van der Waals surface area contributed by atoms with E-state index in [2.05, 4.69) is 83.0 Å². The van der Waals surface area contributed by atoms with Crippen LogP contribution in [-0.2, 0) is 0 Å². The Morgan fingerprint density at radius 3 is 2.50 bits per heavy atom. The van der Waals surface area contributed by atoms with Crippen LogP contribution in [0.5, 0.6) is 0 Å². The van der Waals surface area contributed by atoms with Gasteiger partial charge in [0.25, 0.3) is 0 Å². The van der Waals surface area contributed by atoms with Crippen molar-refractivity contribution >= 4 is 11.8 Å². The first kappa shape index (κ1) is 14.9. The van der Waals surface area contributed by atoms with Gasteiger partial charge >= 0.3 is 0 Å². The van der Waals surface area contributed by atoms with Crippen molar-refractivity contribution in [3.8, 4) is 0 Å². The van der Waals surface area contributed by atoms with E-state index in [-0.39, 0.29) is 0 Å². The van der Waals surface area contributed by atoms with Crippen LogP contribution in [-0.4, -0.2) is 30.6 Å². The van der Waals surface area contributed by atoms with Crippen LogP contribution < -0.4 is 5.32 Å². The Labute approximate surface area is 133 Å². The highest BCUT2D eigenvalue weighted by Crippen LogP contribution is 2.16. The molecule has 0 unspecified atom stereocenters. The molecule has 0 aliphatic carbocycles. The molecule has 3 rings (SSSR count). The zero-order valence-corrected chi connectivity index (χ0v) is 13.0. The molecule has 1 aliphatic rings. The highest BCUT2D eigenvalue weighted by atomic mass is 15.2. The fourth-order valence-electron chi connectivity index (χ4n) is 3.01. The molecule has 1 aliphatic heterocycles. The number of likely N-dealkylation sites (tertiary alicyclic amines) is 1. The largest absolute Gasteiger partial charge is 0.381 e. The molecule has 2 nitrogen and oxygen atoms in total. The lowest BCUT2D eigenvalue weighted by Crippen LogP contribution is -2.42. The molecule has 0 radical (unpaired) electrons. The maximum absolute atomic E-state index is 3.65. The minimum atomic E-state index is 0.557. The van der Waals surface area contributed by atoms with Crippen molar-refractivity contribution in [2.24, 2.45) is 0 Å². The van der Waals surface area contributed by atoms with Gasteiger partial charge < -0.3 is 5.32 Å². The minimum absolute atomic E-state index is 0.557. The van der Waals surface area contributed by atoms with Crippen LogP contribution in [0.25, 0.3) is 6.08 Å². The minimum Gasteiger partial charge on any atom is -0.381 e. The summed E-state index contributed by atoms with van der Waals surface area (Å²) < 4.78 is 0. The van der Waals surface area contributed by atoms with E-state index in [9.17, 15) is 0 Å². The van der Waals surface area contributed by atoms with E-state index >= 15 is 0 Å². The Balaban J connectivity index is 1.49. The Kier molecular flexibility index (Phi) is 5.27. The molecule has 22 heavy (non-hydrogen) atoms. The number of nitrogens with zero attached hydrogens (tertiary/aromatic N) is 1. The Bertz CT molecular complexity index is 577. The van der Waals surface area contributed by atoms with Crippen molar-refractivity contribution in [2.75, 3.05) is 25.0 Å². The summed E-state index contributed by atoms with van der Waals surface area (Å²) in [5.41, 5.74) is 2.51. The lowest BCUT2D eigenvalue weighted by atomic mass is 10.1. The molecular formula is C20H24N2. The monoisotopic (exact) mass is 292 g/mol. The van der Waals surface area contributed by atoms with Gasteiger partial charge in [-0.3, -0.25) is 4.90 Å². The summed E-state index contributed by atoms with van der Waals surface area (Å²) in [4.78, 5) is 2.53. The predicted octanol–water partition coefficient (Wildman–Crippen LogP) is 4.28. The summed E-state index contributed by atoms with van der Waals surface area (Å²) in [6.07, 6.45) is 7.02. The van der Waals surface area contributed by atoms with Crippen LogP contribution in [0.1, 0.15) is 18.4 Å². The lowest BCUT2D eigenvalue weighted by Gasteiger charge is -2.33. The molecule has 0 amide bonds. The number of rotatable bonds is 5. The van der Waals surface area contributed by atoms with Crippen LogP contribution >= 0.6 is 0 Å². The second-order valence-electron chi connectivity index (χ2n) is 5.92. The first-order valence-electron chi connectivity index (χ1n) is 8.16. The molecule has 0 bridgehead atoms. The summed E-state index contributed by atoms with van der Waals surface area (Å²) in [5, 5.41) is 3.65. The van der Waals surface area contributed by atoms with E-state index in [0.717, 1.165) is 13.1 Å². The maximum atomic E-state index is 3.65. The summed E-state index contributed by atoms with van der Waals surface area (Å²) in [5.74, 6) is 0. The molecular weight excluding hydrogens is 268 g/mol. The number of anilines is 1. The number of piperidine rings is 1. The summed E-state index contributed by atoms with van der Waals surface area (Å²) in [6.45, 7) is 3.35. The molecule has 0 aromatic heterocycles. The highest BCUT2D eigenvalue weighted by molar-refractivity contribution is 5.48. The second-order valence-corrected chi connectivity index (χ2v) is 5.92. The fraction of sp³-hybridized carbons (Fsp3) is 0.300. The van der Waals surface area contributed by atoms with Crippen LogP contribution in [0.4, 0.5) is 5.69 Å². The smallest absolute Gasteiger partial charge is 0.0389 e. The quantitative estimate of drug-likeness (QED) is 0.885. The molecule has 0 saturated carbocycles. The maximum Gasteiger partial charge on any atom is 0.0389 e. The van der Waals surface area contributed by atoms with Crippen molar-refractivity contribution in [3.63, 3.8) is 0 Å². The molecule has 1 heterocycles. The van der Waals surface area contributed by atoms with Gasteiger partial charge in [-0.05, 0) is 37.1 Å². The zero-order valence-electron chi connectivity index (χ0n) is 13.0. The van der Waals surface area contributed by atoms with Gasteiger partial charge in [-0.25, -0.2) is 0 Å². The SMILES string of the molecule is C(=C\c1ccccc1)/CN1CCC[C@@H](Nc2ccccc2)C1. The van der Waals surface area contributed by atoms with Crippen molar-refractivity contribution in [2.45, 2.75) is 18.9 Å².